The number of rotatable bonds is 6. The second kappa shape index (κ2) is 8.45. The first kappa shape index (κ1) is 21.0. The Kier molecular flexibility index (Phi) is 5.71. The number of methoxy groups -OCH3 is 2. The molecule has 3 aromatic rings. The van der Waals surface area contributed by atoms with E-state index < -0.39 is 0 Å². The van der Waals surface area contributed by atoms with Gasteiger partial charge in [-0.1, -0.05) is 12.8 Å². The molecule has 1 aromatic carbocycles. The van der Waals surface area contributed by atoms with Gasteiger partial charge in [-0.05, 0) is 48.9 Å². The van der Waals surface area contributed by atoms with E-state index in [2.05, 4.69) is 21.8 Å². The number of nitrogens with two attached hydrogens (primary N) is 2. The summed E-state index contributed by atoms with van der Waals surface area (Å²) in [5.74, 6) is 3.40. The Bertz CT molecular complexity index is 1090. The van der Waals surface area contributed by atoms with Gasteiger partial charge in [-0.3, -0.25) is 0 Å². The first-order chi connectivity index (χ1) is 14.9. The molecule has 0 unspecified atom stereocenters. The standard InChI is InChI=1S/C23H30N6O2/c1-13-18(15-7-5-6-8-15)22(27-21-19(13)20(24)26-23(25)28-21)29(2)12-14-9-16(30-3)11-17(10-14)31-4/h9-11,15H,5-8,12H2,1-4H3,(H4,24,25,26,27,28). The molecule has 2 heterocycles. The Labute approximate surface area is 182 Å². The molecule has 0 bridgehead atoms. The minimum absolute atomic E-state index is 0.136. The second-order valence-electron chi connectivity index (χ2n) is 8.20. The molecule has 4 rings (SSSR count). The van der Waals surface area contributed by atoms with Crippen molar-refractivity contribution in [3.05, 3.63) is 34.9 Å². The van der Waals surface area contributed by atoms with E-state index >= 15 is 0 Å². The highest BCUT2D eigenvalue weighted by atomic mass is 16.5. The summed E-state index contributed by atoms with van der Waals surface area (Å²) in [6, 6.07) is 5.90. The van der Waals surface area contributed by atoms with E-state index in [1.54, 1.807) is 14.2 Å². The third kappa shape index (κ3) is 4.02. The zero-order valence-corrected chi connectivity index (χ0v) is 18.6. The third-order valence-electron chi connectivity index (χ3n) is 6.12. The van der Waals surface area contributed by atoms with Crippen molar-refractivity contribution in [2.24, 2.45) is 0 Å². The number of pyridine rings is 1. The van der Waals surface area contributed by atoms with Gasteiger partial charge in [0.1, 0.15) is 23.1 Å². The van der Waals surface area contributed by atoms with Crippen LogP contribution < -0.4 is 25.8 Å². The van der Waals surface area contributed by atoms with Crippen LogP contribution >= 0.6 is 0 Å². The highest BCUT2D eigenvalue weighted by molar-refractivity contribution is 5.92. The number of ether oxygens (including phenoxy) is 2. The summed E-state index contributed by atoms with van der Waals surface area (Å²) in [5.41, 5.74) is 16.0. The molecule has 8 nitrogen and oxygen atoms in total. The monoisotopic (exact) mass is 422 g/mol. The Balaban J connectivity index is 1.82. The molecule has 2 aromatic heterocycles. The van der Waals surface area contributed by atoms with Crippen molar-refractivity contribution >= 4 is 28.6 Å². The van der Waals surface area contributed by atoms with Crippen molar-refractivity contribution in [3.8, 4) is 11.5 Å². The van der Waals surface area contributed by atoms with Crippen molar-refractivity contribution in [1.82, 2.24) is 15.0 Å². The Morgan fingerprint density at radius 3 is 2.26 bits per heavy atom. The summed E-state index contributed by atoms with van der Waals surface area (Å²) in [6.07, 6.45) is 4.76. The van der Waals surface area contributed by atoms with Crippen LogP contribution in [0.15, 0.2) is 18.2 Å². The quantitative estimate of drug-likeness (QED) is 0.617. The predicted octanol–water partition coefficient (Wildman–Crippen LogP) is 3.81. The smallest absolute Gasteiger partial charge is 0.224 e. The Morgan fingerprint density at radius 2 is 1.65 bits per heavy atom. The van der Waals surface area contributed by atoms with E-state index in [-0.39, 0.29) is 5.95 Å². The van der Waals surface area contributed by atoms with E-state index in [1.165, 1.54) is 18.4 Å². The molecule has 1 aliphatic carbocycles. The van der Waals surface area contributed by atoms with E-state index in [0.717, 1.165) is 46.7 Å². The molecule has 0 amide bonds. The number of nitrogens with zero attached hydrogens (tertiary/aromatic N) is 4. The minimum atomic E-state index is 0.136. The van der Waals surface area contributed by atoms with Crippen LogP contribution in [0.1, 0.15) is 48.3 Å². The second-order valence-corrected chi connectivity index (χ2v) is 8.20. The average Bonchev–Trinajstić information content (AvgIpc) is 3.26. The fourth-order valence-corrected chi connectivity index (χ4v) is 4.69. The largest absolute Gasteiger partial charge is 0.497 e. The fourth-order valence-electron chi connectivity index (χ4n) is 4.69. The maximum absolute atomic E-state index is 6.23. The minimum Gasteiger partial charge on any atom is -0.497 e. The lowest BCUT2D eigenvalue weighted by atomic mass is 9.92. The molecule has 0 aliphatic heterocycles. The first-order valence-corrected chi connectivity index (χ1v) is 10.6. The predicted molar refractivity (Wildman–Crippen MR) is 124 cm³/mol. The normalized spacial score (nSPS) is 14.2. The summed E-state index contributed by atoms with van der Waals surface area (Å²) in [4.78, 5) is 15.6. The van der Waals surface area contributed by atoms with Gasteiger partial charge in [-0.25, -0.2) is 4.98 Å². The van der Waals surface area contributed by atoms with Gasteiger partial charge in [0.2, 0.25) is 5.95 Å². The van der Waals surface area contributed by atoms with Gasteiger partial charge in [-0.2, -0.15) is 9.97 Å². The van der Waals surface area contributed by atoms with Gasteiger partial charge in [0, 0.05) is 25.2 Å². The molecular formula is C23H30N6O2. The van der Waals surface area contributed by atoms with Crippen LogP contribution in [0.5, 0.6) is 11.5 Å². The molecule has 0 spiro atoms. The van der Waals surface area contributed by atoms with Crippen LogP contribution in [-0.2, 0) is 6.54 Å². The third-order valence-corrected chi connectivity index (χ3v) is 6.12. The molecule has 1 saturated carbocycles. The molecule has 0 saturated heterocycles. The maximum atomic E-state index is 6.23. The zero-order chi connectivity index (χ0) is 22.1. The number of fused-ring (bicyclic) bond motifs is 1. The molecule has 0 atom stereocenters. The van der Waals surface area contributed by atoms with Crippen molar-refractivity contribution < 1.29 is 9.47 Å². The van der Waals surface area contributed by atoms with Gasteiger partial charge in [0.05, 0.1) is 19.6 Å². The molecule has 31 heavy (non-hydrogen) atoms. The zero-order valence-electron chi connectivity index (χ0n) is 18.6. The van der Waals surface area contributed by atoms with Crippen LogP contribution in [-0.4, -0.2) is 36.2 Å². The first-order valence-electron chi connectivity index (χ1n) is 10.6. The lowest BCUT2D eigenvalue weighted by Gasteiger charge is -2.27. The molecular weight excluding hydrogens is 392 g/mol. The SMILES string of the molecule is COc1cc(CN(C)c2nc3nc(N)nc(N)c3c(C)c2C2CCCC2)cc(OC)c1. The van der Waals surface area contributed by atoms with Gasteiger partial charge < -0.3 is 25.8 Å². The fraction of sp³-hybridized carbons (Fsp3) is 0.435. The number of anilines is 3. The van der Waals surface area contributed by atoms with Crippen LogP contribution in [0.3, 0.4) is 0 Å². The van der Waals surface area contributed by atoms with Gasteiger partial charge in [0.25, 0.3) is 0 Å². The van der Waals surface area contributed by atoms with E-state index in [9.17, 15) is 0 Å². The summed E-state index contributed by atoms with van der Waals surface area (Å²) >= 11 is 0. The maximum Gasteiger partial charge on any atom is 0.224 e. The van der Waals surface area contributed by atoms with Crippen molar-refractivity contribution in [2.75, 3.05) is 37.6 Å². The average molecular weight is 423 g/mol. The number of aromatic nitrogens is 3. The molecule has 1 aliphatic rings. The van der Waals surface area contributed by atoms with Gasteiger partial charge >= 0.3 is 0 Å². The molecule has 1 fully saturated rings. The van der Waals surface area contributed by atoms with Gasteiger partial charge in [-0.15, -0.1) is 0 Å². The topological polar surface area (TPSA) is 112 Å². The summed E-state index contributed by atoms with van der Waals surface area (Å²) in [5, 5.41) is 0.802. The number of hydrogen-bond donors (Lipinski definition) is 2. The van der Waals surface area contributed by atoms with E-state index in [4.69, 9.17) is 25.9 Å². The van der Waals surface area contributed by atoms with Crippen LogP contribution in [0.4, 0.5) is 17.6 Å². The Hall–Kier alpha value is -3.29. The lowest BCUT2D eigenvalue weighted by molar-refractivity contribution is 0.393. The molecule has 8 heteroatoms. The van der Waals surface area contributed by atoms with Crippen LogP contribution in [0, 0.1) is 6.92 Å². The summed E-state index contributed by atoms with van der Waals surface area (Å²) in [7, 11) is 5.36. The van der Waals surface area contributed by atoms with Crippen molar-refractivity contribution in [2.45, 2.75) is 45.1 Å². The van der Waals surface area contributed by atoms with Gasteiger partial charge in [0.15, 0.2) is 5.65 Å². The summed E-state index contributed by atoms with van der Waals surface area (Å²) in [6.45, 7) is 2.74. The number of nitrogen functional groups attached to an aromatic ring is 2. The van der Waals surface area contributed by atoms with E-state index in [1.807, 2.05) is 25.2 Å². The van der Waals surface area contributed by atoms with E-state index in [0.29, 0.717) is 23.9 Å². The number of benzene rings is 1. The lowest BCUT2D eigenvalue weighted by Crippen LogP contribution is -2.21. The van der Waals surface area contributed by atoms with Crippen molar-refractivity contribution in [1.29, 1.82) is 0 Å². The number of hydrogen-bond acceptors (Lipinski definition) is 8. The van der Waals surface area contributed by atoms with Crippen LogP contribution in [0.2, 0.25) is 0 Å². The Morgan fingerprint density at radius 1 is 1.00 bits per heavy atom. The number of aryl methyl sites for hydroxylation is 1. The highest BCUT2D eigenvalue weighted by Crippen LogP contribution is 2.42. The molecule has 0 radical (unpaired) electrons. The van der Waals surface area contributed by atoms with Crippen molar-refractivity contribution in [3.63, 3.8) is 0 Å². The summed E-state index contributed by atoms with van der Waals surface area (Å²) < 4.78 is 10.9. The highest BCUT2D eigenvalue weighted by Gasteiger charge is 2.27. The molecule has 164 valence electrons. The van der Waals surface area contributed by atoms with Crippen LogP contribution in [0.25, 0.3) is 11.0 Å². The molecule has 4 N–H and O–H groups in total.